The number of primary amides is 1. The van der Waals surface area contributed by atoms with Crippen LogP contribution in [0.15, 0.2) is 46.9 Å². The highest BCUT2D eigenvalue weighted by Gasteiger charge is 2.14. The zero-order valence-corrected chi connectivity index (χ0v) is 9.42. The molecule has 0 aliphatic rings. The number of amides is 1. The van der Waals surface area contributed by atoms with Gasteiger partial charge in [-0.3, -0.25) is 4.79 Å². The number of furan rings is 1. The molecule has 1 aromatic carbocycles. The van der Waals surface area contributed by atoms with Crippen LogP contribution in [0.4, 0.5) is 0 Å². The first kappa shape index (κ1) is 11.3. The molecule has 0 radical (unpaired) electrons. The molecule has 0 bridgehead atoms. The van der Waals surface area contributed by atoms with Crippen LogP contribution in [0.3, 0.4) is 0 Å². The van der Waals surface area contributed by atoms with Gasteiger partial charge in [-0.25, -0.2) is 0 Å². The Labute approximate surface area is 99.0 Å². The number of hydrogen-bond donors (Lipinski definition) is 1. The summed E-state index contributed by atoms with van der Waals surface area (Å²) in [4.78, 5) is 10.9. The van der Waals surface area contributed by atoms with Crippen molar-refractivity contribution in [2.45, 2.75) is 13.0 Å². The third kappa shape index (κ3) is 2.66. The summed E-state index contributed by atoms with van der Waals surface area (Å²) in [6, 6.07) is 12.6. The highest BCUT2D eigenvalue weighted by molar-refractivity contribution is 5.89. The van der Waals surface area contributed by atoms with E-state index in [2.05, 4.69) is 0 Å². The summed E-state index contributed by atoms with van der Waals surface area (Å²) in [5, 5.41) is 0. The van der Waals surface area contributed by atoms with Crippen molar-refractivity contribution in [1.29, 1.82) is 0 Å². The minimum absolute atomic E-state index is 0.142. The molecule has 2 N–H and O–H groups in total. The third-order valence-electron chi connectivity index (χ3n) is 2.33. The van der Waals surface area contributed by atoms with E-state index in [9.17, 15) is 4.79 Å². The van der Waals surface area contributed by atoms with Gasteiger partial charge in [-0.15, -0.1) is 0 Å². The van der Waals surface area contributed by atoms with Gasteiger partial charge in [-0.1, -0.05) is 18.2 Å². The van der Waals surface area contributed by atoms with Crippen molar-refractivity contribution < 1.29 is 13.9 Å². The SMILES string of the molecule is CC(Oc1ccccc1)c1ccc(C(N)=O)o1. The molecule has 2 rings (SSSR count). The van der Waals surface area contributed by atoms with E-state index in [0.29, 0.717) is 5.76 Å². The van der Waals surface area contributed by atoms with Crippen molar-refractivity contribution in [3.63, 3.8) is 0 Å². The van der Waals surface area contributed by atoms with Gasteiger partial charge in [0, 0.05) is 0 Å². The predicted molar refractivity (Wildman–Crippen MR) is 62.7 cm³/mol. The van der Waals surface area contributed by atoms with Crippen molar-refractivity contribution in [3.05, 3.63) is 54.0 Å². The molecule has 1 atom stereocenters. The largest absolute Gasteiger partial charge is 0.483 e. The normalized spacial score (nSPS) is 12.1. The minimum atomic E-state index is -0.580. The second kappa shape index (κ2) is 4.74. The Hall–Kier alpha value is -2.23. The lowest BCUT2D eigenvalue weighted by Gasteiger charge is -2.11. The van der Waals surface area contributed by atoms with Crippen LogP contribution in [0.2, 0.25) is 0 Å². The van der Waals surface area contributed by atoms with Crippen molar-refractivity contribution >= 4 is 5.91 Å². The fourth-order valence-electron chi connectivity index (χ4n) is 1.47. The van der Waals surface area contributed by atoms with E-state index in [0.717, 1.165) is 5.75 Å². The predicted octanol–water partition coefficient (Wildman–Crippen LogP) is 2.52. The lowest BCUT2D eigenvalue weighted by atomic mass is 10.3. The Kier molecular flexibility index (Phi) is 3.14. The molecule has 1 aromatic heterocycles. The molecule has 2 aromatic rings. The fraction of sp³-hybridized carbons (Fsp3) is 0.154. The van der Waals surface area contributed by atoms with Gasteiger partial charge in [0.2, 0.25) is 0 Å². The maximum Gasteiger partial charge on any atom is 0.284 e. The van der Waals surface area contributed by atoms with Gasteiger partial charge in [0.1, 0.15) is 11.5 Å². The first-order valence-electron chi connectivity index (χ1n) is 5.28. The third-order valence-corrected chi connectivity index (χ3v) is 2.33. The molecular weight excluding hydrogens is 218 g/mol. The second-order valence-corrected chi connectivity index (χ2v) is 3.64. The molecule has 1 unspecified atom stereocenters. The van der Waals surface area contributed by atoms with Crippen LogP contribution in [0, 0.1) is 0 Å². The van der Waals surface area contributed by atoms with Crippen molar-refractivity contribution in [3.8, 4) is 5.75 Å². The maximum absolute atomic E-state index is 10.9. The molecule has 1 amide bonds. The lowest BCUT2D eigenvalue weighted by Crippen LogP contribution is -2.09. The Morgan fingerprint density at radius 1 is 1.24 bits per heavy atom. The van der Waals surface area contributed by atoms with E-state index in [4.69, 9.17) is 14.9 Å². The van der Waals surface area contributed by atoms with E-state index in [1.54, 1.807) is 12.1 Å². The van der Waals surface area contributed by atoms with Crippen LogP contribution in [0.5, 0.6) is 5.75 Å². The van der Waals surface area contributed by atoms with Gasteiger partial charge in [-0.05, 0) is 31.2 Å². The van der Waals surface area contributed by atoms with Crippen molar-refractivity contribution in [2.24, 2.45) is 5.73 Å². The highest BCUT2D eigenvalue weighted by Crippen LogP contribution is 2.22. The van der Waals surface area contributed by atoms with E-state index >= 15 is 0 Å². The van der Waals surface area contributed by atoms with E-state index in [1.807, 2.05) is 37.3 Å². The summed E-state index contributed by atoms with van der Waals surface area (Å²) < 4.78 is 10.9. The number of carbonyl (C=O) groups is 1. The highest BCUT2D eigenvalue weighted by atomic mass is 16.5. The molecule has 0 aliphatic carbocycles. The van der Waals surface area contributed by atoms with Gasteiger partial charge in [0.05, 0.1) is 0 Å². The first-order valence-corrected chi connectivity index (χ1v) is 5.28. The summed E-state index contributed by atoms with van der Waals surface area (Å²) in [5.41, 5.74) is 5.11. The Morgan fingerprint density at radius 3 is 2.53 bits per heavy atom. The van der Waals surface area contributed by atoms with E-state index in [1.165, 1.54) is 0 Å². The van der Waals surface area contributed by atoms with Crippen LogP contribution < -0.4 is 10.5 Å². The molecule has 4 nitrogen and oxygen atoms in total. The minimum Gasteiger partial charge on any atom is -0.483 e. The quantitative estimate of drug-likeness (QED) is 0.879. The molecule has 4 heteroatoms. The van der Waals surface area contributed by atoms with Crippen LogP contribution in [0.25, 0.3) is 0 Å². The maximum atomic E-state index is 10.9. The second-order valence-electron chi connectivity index (χ2n) is 3.64. The molecule has 17 heavy (non-hydrogen) atoms. The topological polar surface area (TPSA) is 65.5 Å². The molecule has 0 fully saturated rings. The molecular formula is C13H13NO3. The molecule has 88 valence electrons. The average Bonchev–Trinajstić information content (AvgIpc) is 2.79. The van der Waals surface area contributed by atoms with Gasteiger partial charge >= 0.3 is 0 Å². The van der Waals surface area contributed by atoms with E-state index in [-0.39, 0.29) is 11.9 Å². The van der Waals surface area contributed by atoms with Crippen molar-refractivity contribution in [1.82, 2.24) is 0 Å². The monoisotopic (exact) mass is 231 g/mol. The zero-order chi connectivity index (χ0) is 12.3. The zero-order valence-electron chi connectivity index (χ0n) is 9.42. The summed E-state index contributed by atoms with van der Waals surface area (Å²) in [6.07, 6.45) is -0.273. The number of hydrogen-bond acceptors (Lipinski definition) is 3. The molecule has 0 spiro atoms. The van der Waals surface area contributed by atoms with Crippen LogP contribution in [-0.2, 0) is 0 Å². The van der Waals surface area contributed by atoms with E-state index < -0.39 is 5.91 Å². The van der Waals surface area contributed by atoms with Gasteiger partial charge < -0.3 is 14.9 Å². The molecule has 0 saturated heterocycles. The Bertz CT molecular complexity index is 504. The standard InChI is InChI=1S/C13H13NO3/c1-9(16-10-5-3-2-4-6-10)11-7-8-12(17-11)13(14)15/h2-9H,1H3,(H2,14,15). The van der Waals surface area contributed by atoms with Gasteiger partial charge in [0.15, 0.2) is 11.9 Å². The average molecular weight is 231 g/mol. The first-order chi connectivity index (χ1) is 8.16. The summed E-state index contributed by atoms with van der Waals surface area (Å²) in [5.74, 6) is 0.881. The summed E-state index contributed by atoms with van der Waals surface area (Å²) in [7, 11) is 0. The van der Waals surface area contributed by atoms with Crippen LogP contribution in [0.1, 0.15) is 29.3 Å². The summed E-state index contributed by atoms with van der Waals surface area (Å²) >= 11 is 0. The van der Waals surface area contributed by atoms with Gasteiger partial charge in [0.25, 0.3) is 5.91 Å². The number of rotatable bonds is 4. The van der Waals surface area contributed by atoms with Crippen molar-refractivity contribution in [2.75, 3.05) is 0 Å². The molecule has 1 heterocycles. The van der Waals surface area contributed by atoms with Gasteiger partial charge in [-0.2, -0.15) is 0 Å². The molecule has 0 aliphatic heterocycles. The number of ether oxygens (including phenoxy) is 1. The number of carbonyl (C=O) groups excluding carboxylic acids is 1. The number of nitrogens with two attached hydrogens (primary N) is 1. The fourth-order valence-corrected chi connectivity index (χ4v) is 1.47. The lowest BCUT2D eigenvalue weighted by molar-refractivity contribution is 0.0966. The van der Waals surface area contributed by atoms with Crippen LogP contribution >= 0.6 is 0 Å². The number of benzene rings is 1. The Morgan fingerprint density at radius 2 is 1.94 bits per heavy atom. The Balaban J connectivity index is 2.09. The summed E-state index contributed by atoms with van der Waals surface area (Å²) in [6.45, 7) is 1.84. The smallest absolute Gasteiger partial charge is 0.284 e. The number of para-hydroxylation sites is 1. The molecule has 0 saturated carbocycles. The van der Waals surface area contributed by atoms with Crippen LogP contribution in [-0.4, -0.2) is 5.91 Å².